The number of hydrogen-bond acceptors (Lipinski definition) is 4. The standard InChI is InChI=1S/C22H26N4OS/c27-20(17-9-12-28-14-17)26-11-10-22(15-26)21(24-18-6-2-3-7-18)25-19-8-4-1-5-16(19)13-23-22/h1,4-5,8-9,12,14,18,23H,2-3,6-7,10-11,13,15H2,(H,24,25)/t22-/m1/s1. The van der Waals surface area contributed by atoms with Crippen LogP contribution >= 0.6 is 11.3 Å². The Morgan fingerprint density at radius 1 is 1.21 bits per heavy atom. The Balaban J connectivity index is 1.47. The van der Waals surface area contributed by atoms with Gasteiger partial charge in [-0.1, -0.05) is 31.0 Å². The highest BCUT2D eigenvalue weighted by Crippen LogP contribution is 2.32. The van der Waals surface area contributed by atoms with Gasteiger partial charge in [0.15, 0.2) is 0 Å². The molecule has 2 fully saturated rings. The molecule has 1 spiro atoms. The first kappa shape index (κ1) is 17.9. The summed E-state index contributed by atoms with van der Waals surface area (Å²) in [6.07, 6.45) is 5.75. The zero-order valence-corrected chi connectivity index (χ0v) is 16.8. The van der Waals surface area contributed by atoms with E-state index in [9.17, 15) is 4.79 Å². The third-order valence-corrected chi connectivity index (χ3v) is 6.99. The summed E-state index contributed by atoms with van der Waals surface area (Å²) in [5, 5.41) is 11.4. The number of para-hydroxylation sites is 1. The molecular formula is C22H26N4OS. The van der Waals surface area contributed by atoms with E-state index in [0.29, 0.717) is 12.6 Å². The summed E-state index contributed by atoms with van der Waals surface area (Å²) in [7, 11) is 0. The van der Waals surface area contributed by atoms with E-state index in [-0.39, 0.29) is 11.4 Å². The minimum Gasteiger partial charge on any atom is -0.342 e. The molecule has 3 heterocycles. The first-order chi connectivity index (χ1) is 13.7. The van der Waals surface area contributed by atoms with Crippen LogP contribution in [0.15, 0.2) is 46.1 Å². The van der Waals surface area contributed by atoms with Crippen LogP contribution in [0.25, 0.3) is 0 Å². The fraction of sp³-hybridized carbons (Fsp3) is 0.455. The monoisotopic (exact) mass is 394 g/mol. The number of likely N-dealkylation sites (tertiary alicyclic amines) is 1. The zero-order valence-electron chi connectivity index (χ0n) is 16.0. The van der Waals surface area contributed by atoms with Gasteiger partial charge >= 0.3 is 0 Å². The van der Waals surface area contributed by atoms with E-state index in [0.717, 1.165) is 36.6 Å². The van der Waals surface area contributed by atoms with Crippen molar-refractivity contribution in [2.24, 2.45) is 4.99 Å². The maximum atomic E-state index is 12.9. The van der Waals surface area contributed by atoms with E-state index in [1.807, 2.05) is 21.7 Å². The van der Waals surface area contributed by atoms with Crippen molar-refractivity contribution < 1.29 is 4.79 Å². The number of aliphatic imine (C=N–C) groups is 1. The molecule has 6 heteroatoms. The van der Waals surface area contributed by atoms with Crippen molar-refractivity contribution in [2.75, 3.05) is 18.4 Å². The molecule has 146 valence electrons. The molecule has 0 radical (unpaired) electrons. The molecule has 2 aromatic rings. The lowest BCUT2D eigenvalue weighted by atomic mass is 9.96. The Morgan fingerprint density at radius 2 is 2.07 bits per heavy atom. The van der Waals surface area contributed by atoms with Gasteiger partial charge in [-0.25, -0.2) is 0 Å². The van der Waals surface area contributed by atoms with Gasteiger partial charge in [-0.3, -0.25) is 15.1 Å². The molecule has 5 nitrogen and oxygen atoms in total. The Labute approximate surface area is 169 Å². The normalized spacial score (nSPS) is 26.4. The second kappa shape index (κ2) is 7.33. The molecule has 28 heavy (non-hydrogen) atoms. The molecular weight excluding hydrogens is 368 g/mol. The number of fused-ring (bicyclic) bond motifs is 1. The summed E-state index contributed by atoms with van der Waals surface area (Å²) in [4.78, 5) is 20.1. The number of amidine groups is 1. The molecule has 2 aliphatic heterocycles. The number of thiophene rings is 1. The van der Waals surface area contributed by atoms with Crippen molar-refractivity contribution >= 4 is 28.8 Å². The predicted molar refractivity (Wildman–Crippen MR) is 114 cm³/mol. The number of amides is 1. The van der Waals surface area contributed by atoms with Crippen molar-refractivity contribution in [2.45, 2.75) is 50.2 Å². The molecule has 0 unspecified atom stereocenters. The van der Waals surface area contributed by atoms with E-state index in [2.05, 4.69) is 34.9 Å². The van der Waals surface area contributed by atoms with Gasteiger partial charge in [0.05, 0.1) is 17.1 Å². The van der Waals surface area contributed by atoms with Crippen molar-refractivity contribution in [1.82, 2.24) is 10.2 Å². The van der Waals surface area contributed by atoms with Gasteiger partial charge < -0.3 is 10.2 Å². The SMILES string of the molecule is O=C(c1ccsc1)N1CC[C@]2(C1)NCc1ccccc1NC2=NC1CCCC1. The lowest BCUT2D eigenvalue weighted by Gasteiger charge is -2.31. The second-order valence-corrected chi connectivity index (χ2v) is 8.90. The number of hydrogen-bond donors (Lipinski definition) is 2. The molecule has 5 rings (SSSR count). The Morgan fingerprint density at radius 3 is 2.89 bits per heavy atom. The average Bonchev–Trinajstić information content (AvgIpc) is 3.46. The summed E-state index contributed by atoms with van der Waals surface area (Å²) in [6.45, 7) is 2.20. The van der Waals surface area contributed by atoms with E-state index in [1.54, 1.807) is 11.3 Å². The van der Waals surface area contributed by atoms with E-state index in [1.165, 1.54) is 31.2 Å². The van der Waals surface area contributed by atoms with Crippen LogP contribution in [0.5, 0.6) is 0 Å². The van der Waals surface area contributed by atoms with E-state index >= 15 is 0 Å². The lowest BCUT2D eigenvalue weighted by Crippen LogP contribution is -2.55. The molecule has 1 aliphatic carbocycles. The second-order valence-electron chi connectivity index (χ2n) is 8.12. The fourth-order valence-electron chi connectivity index (χ4n) is 4.65. The first-order valence-corrected chi connectivity index (χ1v) is 11.2. The molecule has 3 aliphatic rings. The van der Waals surface area contributed by atoms with Gasteiger partial charge in [0.25, 0.3) is 5.91 Å². The summed E-state index contributed by atoms with van der Waals surface area (Å²) < 4.78 is 0. The zero-order chi connectivity index (χ0) is 19.0. The summed E-state index contributed by atoms with van der Waals surface area (Å²) >= 11 is 1.57. The van der Waals surface area contributed by atoms with Crippen LogP contribution in [0.2, 0.25) is 0 Å². The van der Waals surface area contributed by atoms with Crippen LogP contribution in [-0.2, 0) is 6.54 Å². The number of anilines is 1. The largest absolute Gasteiger partial charge is 0.342 e. The Kier molecular flexibility index (Phi) is 4.69. The van der Waals surface area contributed by atoms with Crippen LogP contribution in [0.1, 0.15) is 48.0 Å². The maximum absolute atomic E-state index is 12.9. The lowest BCUT2D eigenvalue weighted by molar-refractivity contribution is 0.0786. The van der Waals surface area contributed by atoms with Crippen molar-refractivity contribution in [3.8, 4) is 0 Å². The quantitative estimate of drug-likeness (QED) is 0.812. The van der Waals surface area contributed by atoms with Crippen molar-refractivity contribution in [3.63, 3.8) is 0 Å². The van der Waals surface area contributed by atoms with Crippen molar-refractivity contribution in [3.05, 3.63) is 52.2 Å². The number of nitrogens with one attached hydrogen (secondary N) is 2. The number of rotatable bonds is 2. The first-order valence-electron chi connectivity index (χ1n) is 10.2. The van der Waals surface area contributed by atoms with Crippen molar-refractivity contribution in [1.29, 1.82) is 0 Å². The molecule has 0 bridgehead atoms. The van der Waals surface area contributed by atoms with Crippen LogP contribution in [0.4, 0.5) is 5.69 Å². The molecule has 1 aromatic heterocycles. The van der Waals surface area contributed by atoms with Gasteiger partial charge in [0.1, 0.15) is 5.84 Å². The van der Waals surface area contributed by atoms with E-state index in [4.69, 9.17) is 4.99 Å². The fourth-order valence-corrected chi connectivity index (χ4v) is 5.28. The average molecular weight is 395 g/mol. The van der Waals surface area contributed by atoms with E-state index < -0.39 is 0 Å². The predicted octanol–water partition coefficient (Wildman–Crippen LogP) is 3.89. The highest BCUT2D eigenvalue weighted by Gasteiger charge is 2.45. The molecule has 1 saturated heterocycles. The van der Waals surface area contributed by atoms with Crippen LogP contribution < -0.4 is 10.6 Å². The third kappa shape index (κ3) is 3.25. The number of carbonyl (C=O) groups is 1. The minimum absolute atomic E-state index is 0.127. The molecule has 1 amide bonds. The van der Waals surface area contributed by atoms with Crippen LogP contribution in [0, 0.1) is 0 Å². The summed E-state index contributed by atoms with van der Waals surface area (Å²) in [5.41, 5.74) is 2.88. The summed E-state index contributed by atoms with van der Waals surface area (Å²) in [6, 6.07) is 10.7. The van der Waals surface area contributed by atoms with Gasteiger partial charge in [-0.15, -0.1) is 0 Å². The number of carbonyl (C=O) groups excluding carboxylic acids is 1. The smallest absolute Gasteiger partial charge is 0.254 e. The van der Waals surface area contributed by atoms with Crippen LogP contribution in [0.3, 0.4) is 0 Å². The van der Waals surface area contributed by atoms with Gasteiger partial charge in [0.2, 0.25) is 0 Å². The Bertz CT molecular complexity index is 888. The number of benzene rings is 1. The minimum atomic E-state index is -0.298. The van der Waals surface area contributed by atoms with Gasteiger partial charge in [-0.2, -0.15) is 11.3 Å². The topological polar surface area (TPSA) is 56.7 Å². The summed E-state index contributed by atoms with van der Waals surface area (Å²) in [5.74, 6) is 1.15. The van der Waals surface area contributed by atoms with Crippen LogP contribution in [-0.4, -0.2) is 41.3 Å². The van der Waals surface area contributed by atoms with Gasteiger partial charge in [-0.05, 0) is 42.3 Å². The highest BCUT2D eigenvalue weighted by molar-refractivity contribution is 7.08. The molecule has 1 saturated carbocycles. The number of nitrogens with zero attached hydrogens (tertiary/aromatic N) is 2. The maximum Gasteiger partial charge on any atom is 0.254 e. The third-order valence-electron chi connectivity index (χ3n) is 6.30. The van der Waals surface area contributed by atoms with Gasteiger partial charge in [0, 0.05) is 30.7 Å². The molecule has 1 aromatic carbocycles. The molecule has 2 N–H and O–H groups in total. The molecule has 1 atom stereocenters. The Hall–Kier alpha value is -2.18. The highest BCUT2D eigenvalue weighted by atomic mass is 32.1.